The fourth-order valence-electron chi connectivity index (χ4n) is 5.03. The number of ketones is 1. The number of nitrogens with zero attached hydrogens (tertiary/aromatic N) is 1. The first-order valence-electron chi connectivity index (χ1n) is 16.1. The minimum Gasteiger partial charge on any atom is -0.346 e. The molecule has 3 atom stereocenters. The molecule has 1 saturated heterocycles. The van der Waals surface area contributed by atoms with E-state index in [1.165, 1.54) is 24.4 Å². The molecule has 4 N–H and O–H groups in total. The molecule has 10 nitrogen and oxygen atoms in total. The van der Waals surface area contributed by atoms with Crippen molar-refractivity contribution in [3.05, 3.63) is 12.7 Å². The number of hydrogen-bond acceptors (Lipinski definition) is 5. The first-order valence-corrected chi connectivity index (χ1v) is 16.1. The van der Waals surface area contributed by atoms with Gasteiger partial charge in [-0.3, -0.25) is 19.2 Å². The van der Waals surface area contributed by atoms with E-state index >= 15 is 0 Å². The van der Waals surface area contributed by atoms with E-state index in [4.69, 9.17) is 6.42 Å². The summed E-state index contributed by atoms with van der Waals surface area (Å²) in [6.45, 7) is 18.2. The van der Waals surface area contributed by atoms with E-state index in [-0.39, 0.29) is 25.3 Å². The summed E-state index contributed by atoms with van der Waals surface area (Å²) in [5.41, 5.74) is -0.431. The molecule has 2 fully saturated rings. The van der Waals surface area contributed by atoms with Gasteiger partial charge >= 0.3 is 6.03 Å². The number of rotatable bonds is 11. The lowest BCUT2D eigenvalue weighted by atomic mass is 9.70. The highest BCUT2D eigenvalue weighted by atomic mass is 16.2. The smallest absolute Gasteiger partial charge is 0.315 e. The van der Waals surface area contributed by atoms with Gasteiger partial charge in [-0.05, 0) is 37.5 Å². The van der Waals surface area contributed by atoms with Crippen molar-refractivity contribution in [3.63, 3.8) is 0 Å². The predicted molar refractivity (Wildman–Crippen MR) is 174 cm³/mol. The second-order valence-electron chi connectivity index (χ2n) is 10.4. The van der Waals surface area contributed by atoms with Crippen LogP contribution in [0.1, 0.15) is 113 Å². The fraction of sp³-hybridized carbons (Fsp3) is 0.727. The number of amides is 5. The van der Waals surface area contributed by atoms with Crippen LogP contribution in [0.15, 0.2) is 12.7 Å². The van der Waals surface area contributed by atoms with Gasteiger partial charge in [-0.2, -0.15) is 0 Å². The number of hydrogen-bond donors (Lipinski definition) is 4. The van der Waals surface area contributed by atoms with Crippen LogP contribution >= 0.6 is 0 Å². The third-order valence-electron chi connectivity index (χ3n) is 7.12. The van der Waals surface area contributed by atoms with Gasteiger partial charge in [0.2, 0.25) is 17.6 Å². The molecule has 1 heterocycles. The summed E-state index contributed by atoms with van der Waals surface area (Å²) in [7, 11) is 1.49. The van der Waals surface area contributed by atoms with Gasteiger partial charge in [0.1, 0.15) is 12.1 Å². The van der Waals surface area contributed by atoms with Crippen LogP contribution in [0.2, 0.25) is 0 Å². The fourth-order valence-corrected chi connectivity index (χ4v) is 5.03. The molecule has 0 aromatic heterocycles. The molecule has 5 amide bonds. The van der Waals surface area contributed by atoms with E-state index in [1.54, 1.807) is 0 Å². The molecule has 2 rings (SSSR count). The molecule has 246 valence electrons. The van der Waals surface area contributed by atoms with Crippen LogP contribution in [0.5, 0.6) is 0 Å². The Kier molecular flexibility index (Phi) is 23.4. The molecular formula is C33H59N5O5. The van der Waals surface area contributed by atoms with Crippen LogP contribution in [0, 0.1) is 17.8 Å². The number of urea groups is 1. The van der Waals surface area contributed by atoms with Gasteiger partial charge < -0.3 is 26.2 Å². The topological polar surface area (TPSA) is 137 Å². The van der Waals surface area contributed by atoms with Crippen molar-refractivity contribution >= 4 is 29.5 Å². The summed E-state index contributed by atoms with van der Waals surface area (Å²) < 4.78 is 0. The summed E-state index contributed by atoms with van der Waals surface area (Å²) in [6, 6.07) is -3.15. The molecule has 0 aromatic rings. The Morgan fingerprint density at radius 2 is 1.60 bits per heavy atom. The number of terminal acetylenes is 1. The minimum atomic E-state index is -1.11. The molecule has 0 bridgehead atoms. The number of likely N-dealkylation sites (tertiary alicyclic amines) is 1. The molecule has 1 aliphatic heterocycles. The van der Waals surface area contributed by atoms with E-state index < -0.39 is 47.2 Å². The molecular weight excluding hydrogens is 546 g/mol. The normalized spacial score (nSPS) is 17.7. The van der Waals surface area contributed by atoms with Crippen molar-refractivity contribution in [1.82, 2.24) is 26.2 Å². The third-order valence-corrected chi connectivity index (χ3v) is 7.12. The van der Waals surface area contributed by atoms with Crippen molar-refractivity contribution in [2.45, 2.75) is 131 Å². The number of carbonyl (C=O) groups excluding carboxylic acids is 5. The summed E-state index contributed by atoms with van der Waals surface area (Å²) in [5, 5.41) is 10.4. The quantitative estimate of drug-likeness (QED) is 0.156. The highest BCUT2D eigenvalue weighted by molar-refractivity contribution is 6.38. The average molecular weight is 606 g/mol. The van der Waals surface area contributed by atoms with Crippen molar-refractivity contribution in [3.8, 4) is 12.3 Å². The van der Waals surface area contributed by atoms with Crippen LogP contribution < -0.4 is 21.3 Å². The molecule has 10 heteroatoms. The van der Waals surface area contributed by atoms with Crippen LogP contribution in [-0.2, 0) is 19.2 Å². The lowest BCUT2D eigenvalue weighted by Gasteiger charge is -2.42. The molecule has 0 radical (unpaired) electrons. The zero-order valence-electron chi connectivity index (χ0n) is 28.1. The van der Waals surface area contributed by atoms with E-state index in [0.29, 0.717) is 19.4 Å². The van der Waals surface area contributed by atoms with Crippen molar-refractivity contribution in [2.75, 3.05) is 20.1 Å². The predicted octanol–water partition coefficient (Wildman–Crippen LogP) is 4.48. The lowest BCUT2D eigenvalue weighted by molar-refractivity contribution is -0.144. The number of Topliss-reactive ketones (excluding diaryl/α,β-unsaturated/α-hetero) is 1. The summed E-state index contributed by atoms with van der Waals surface area (Å²) in [4.78, 5) is 65.6. The zero-order chi connectivity index (χ0) is 33.4. The van der Waals surface area contributed by atoms with Gasteiger partial charge in [0.15, 0.2) is 0 Å². The largest absolute Gasteiger partial charge is 0.346 e. The maximum Gasteiger partial charge on any atom is 0.315 e. The Bertz CT molecular complexity index is 908. The monoisotopic (exact) mass is 605 g/mol. The van der Waals surface area contributed by atoms with Gasteiger partial charge in [-0.15, -0.1) is 18.9 Å². The van der Waals surface area contributed by atoms with Gasteiger partial charge in [0.25, 0.3) is 5.91 Å². The molecule has 0 spiro atoms. The van der Waals surface area contributed by atoms with Crippen LogP contribution in [-0.4, -0.2) is 72.7 Å². The van der Waals surface area contributed by atoms with Crippen LogP contribution in [0.25, 0.3) is 0 Å². The molecule has 1 saturated carbocycles. The molecule has 0 aromatic carbocycles. The average Bonchev–Trinajstić information content (AvgIpc) is 3.53. The summed E-state index contributed by atoms with van der Waals surface area (Å²) in [5.74, 6) is -0.0382. The highest BCUT2D eigenvalue weighted by Gasteiger charge is 2.46. The minimum absolute atomic E-state index is 0.0994. The van der Waals surface area contributed by atoms with Gasteiger partial charge in [-0.25, -0.2) is 4.79 Å². The molecule has 2 aliphatic rings. The van der Waals surface area contributed by atoms with Gasteiger partial charge in [0.05, 0.1) is 6.04 Å². The summed E-state index contributed by atoms with van der Waals surface area (Å²) in [6.07, 6.45) is 13.9. The molecule has 3 unspecified atom stereocenters. The van der Waals surface area contributed by atoms with E-state index in [1.807, 2.05) is 34.6 Å². The maximum atomic E-state index is 13.8. The Morgan fingerprint density at radius 3 is 2.12 bits per heavy atom. The Labute approximate surface area is 260 Å². The maximum absolute atomic E-state index is 13.8. The van der Waals surface area contributed by atoms with E-state index in [2.05, 4.69) is 47.6 Å². The Hall–Kier alpha value is -3.35. The van der Waals surface area contributed by atoms with Crippen molar-refractivity contribution in [2.24, 2.45) is 5.41 Å². The Balaban J connectivity index is 0. The SMILES string of the molecule is C#CCCC(NC(=O)C1CCCN1C(=O)C(NC(=O)NC)C1(C)CCCCC1)C(=O)C(=O)NCC=C.CC.CC.CCC. The van der Waals surface area contributed by atoms with Crippen LogP contribution in [0.3, 0.4) is 0 Å². The zero-order valence-corrected chi connectivity index (χ0v) is 28.1. The number of nitrogens with one attached hydrogen (secondary N) is 4. The second kappa shape index (κ2) is 24.1. The van der Waals surface area contributed by atoms with Crippen LogP contribution in [0.4, 0.5) is 4.79 Å². The van der Waals surface area contributed by atoms with E-state index in [9.17, 15) is 24.0 Å². The van der Waals surface area contributed by atoms with Gasteiger partial charge in [-0.1, -0.05) is 80.2 Å². The standard InChI is InChI=1S/C26H39N5O5.C3H8.2C2H6/c1-5-7-12-18(20(32)23(34)28-16-6-2)29-22(33)19-13-11-17-31(19)24(35)21(30-25(36)27-4)26(3)14-9-8-10-15-26;1-3-2;2*1-2/h1,6,18-19,21H,2,7-17H2,3-4H3,(H,28,34)(H,29,33)(H2,27,30,36);3H2,1-2H3;2*1-2H3. The molecule has 43 heavy (non-hydrogen) atoms. The number of carbonyl (C=O) groups is 5. The van der Waals surface area contributed by atoms with E-state index in [0.717, 1.165) is 32.1 Å². The third kappa shape index (κ3) is 14.1. The summed E-state index contributed by atoms with van der Waals surface area (Å²) >= 11 is 0. The Morgan fingerprint density at radius 1 is 1.02 bits per heavy atom. The van der Waals surface area contributed by atoms with Gasteiger partial charge in [0, 0.05) is 26.6 Å². The second-order valence-corrected chi connectivity index (χ2v) is 10.4. The van der Waals surface area contributed by atoms with Crippen molar-refractivity contribution < 1.29 is 24.0 Å². The first kappa shape index (κ1) is 41.8. The first-order chi connectivity index (χ1) is 20.6. The van der Waals surface area contributed by atoms with Crippen molar-refractivity contribution in [1.29, 1.82) is 0 Å². The molecule has 1 aliphatic carbocycles. The lowest BCUT2D eigenvalue weighted by Crippen LogP contribution is -2.61. The highest BCUT2D eigenvalue weighted by Crippen LogP contribution is 2.40.